The molecule has 0 saturated heterocycles. The molecule has 0 aliphatic carbocycles. The molecule has 0 heterocycles. The Balaban J connectivity index is 2.97. The molecule has 1 atom stereocenters. The zero-order valence-electron chi connectivity index (χ0n) is 15.0. The first kappa shape index (κ1) is 20.9. The number of methoxy groups -OCH3 is 1. The molecule has 0 aliphatic heterocycles. The van der Waals surface area contributed by atoms with Gasteiger partial charge in [0.2, 0.25) is 0 Å². The molecule has 0 bridgehead atoms. The first-order valence-electron chi connectivity index (χ1n) is 7.79. The molecule has 1 unspecified atom stereocenters. The van der Waals surface area contributed by atoms with Crippen LogP contribution in [0.5, 0.6) is 11.5 Å². The standard InChI is InChI=1S/C17H24ClNO6/c1-6-24-14-11(18)7-10(9-13(14)23-5)8-12(15(20)21)19-16(22)25-17(2,3)4/h7,9,12H,6,8H2,1-5H3,(H,19,22)(H,20,21). The van der Waals surface area contributed by atoms with E-state index in [-0.39, 0.29) is 6.42 Å². The summed E-state index contributed by atoms with van der Waals surface area (Å²) >= 11 is 6.18. The molecule has 1 aromatic carbocycles. The van der Waals surface area contributed by atoms with Crippen molar-refractivity contribution in [1.82, 2.24) is 5.32 Å². The second-order valence-corrected chi connectivity index (χ2v) is 6.69. The number of carboxylic acid groups (broad SMARTS) is 1. The van der Waals surface area contributed by atoms with Gasteiger partial charge in [-0.05, 0) is 45.4 Å². The molecule has 2 N–H and O–H groups in total. The van der Waals surface area contributed by atoms with E-state index in [9.17, 15) is 14.7 Å². The fourth-order valence-corrected chi connectivity index (χ4v) is 2.35. The minimum atomic E-state index is -1.19. The zero-order chi connectivity index (χ0) is 19.2. The predicted molar refractivity (Wildman–Crippen MR) is 93.7 cm³/mol. The van der Waals surface area contributed by atoms with Crippen LogP contribution in [0.1, 0.15) is 33.3 Å². The number of carboxylic acids is 1. The number of hydrogen-bond donors (Lipinski definition) is 2. The van der Waals surface area contributed by atoms with E-state index in [1.165, 1.54) is 7.11 Å². The lowest BCUT2D eigenvalue weighted by atomic mass is 10.1. The summed E-state index contributed by atoms with van der Waals surface area (Å²) in [5.74, 6) is -0.400. The molecular formula is C17H24ClNO6. The number of halogens is 1. The van der Waals surface area contributed by atoms with E-state index in [1.807, 2.05) is 6.92 Å². The van der Waals surface area contributed by atoms with E-state index in [1.54, 1.807) is 32.9 Å². The molecule has 0 spiro atoms. The predicted octanol–water partition coefficient (Wildman–Crippen LogP) is 3.27. The Morgan fingerprint density at radius 1 is 1.32 bits per heavy atom. The number of rotatable bonds is 7. The fourth-order valence-electron chi connectivity index (χ4n) is 2.06. The van der Waals surface area contributed by atoms with Gasteiger partial charge >= 0.3 is 12.1 Å². The fraction of sp³-hybridized carbons (Fsp3) is 0.529. The first-order chi connectivity index (χ1) is 11.6. The molecule has 8 heteroatoms. The maximum atomic E-state index is 11.8. The van der Waals surface area contributed by atoms with Crippen LogP contribution in [0.15, 0.2) is 12.1 Å². The summed E-state index contributed by atoms with van der Waals surface area (Å²) in [4.78, 5) is 23.3. The van der Waals surface area contributed by atoms with Crippen molar-refractivity contribution in [3.63, 3.8) is 0 Å². The molecule has 0 saturated carbocycles. The van der Waals surface area contributed by atoms with E-state index in [4.69, 9.17) is 25.8 Å². The van der Waals surface area contributed by atoms with Gasteiger partial charge < -0.3 is 24.6 Å². The van der Waals surface area contributed by atoms with E-state index >= 15 is 0 Å². The Morgan fingerprint density at radius 3 is 2.44 bits per heavy atom. The Bertz CT molecular complexity index is 626. The highest BCUT2D eigenvalue weighted by molar-refractivity contribution is 6.32. The number of amides is 1. The quantitative estimate of drug-likeness (QED) is 0.761. The van der Waals surface area contributed by atoms with Crippen molar-refractivity contribution in [2.24, 2.45) is 0 Å². The van der Waals surface area contributed by atoms with Crippen molar-refractivity contribution in [2.75, 3.05) is 13.7 Å². The summed E-state index contributed by atoms with van der Waals surface area (Å²) in [6, 6.07) is 2.04. The maximum absolute atomic E-state index is 11.8. The van der Waals surface area contributed by atoms with Crippen LogP contribution < -0.4 is 14.8 Å². The number of ether oxygens (including phenoxy) is 3. The number of hydrogen-bond acceptors (Lipinski definition) is 5. The SMILES string of the molecule is CCOc1c(Cl)cc(CC(NC(=O)OC(C)(C)C)C(=O)O)cc1OC. The molecule has 1 aromatic rings. The molecule has 140 valence electrons. The van der Waals surface area contributed by atoms with Crippen molar-refractivity contribution in [3.05, 3.63) is 22.7 Å². The monoisotopic (exact) mass is 373 g/mol. The Morgan fingerprint density at radius 2 is 1.96 bits per heavy atom. The van der Waals surface area contributed by atoms with Gasteiger partial charge in [-0.1, -0.05) is 11.6 Å². The van der Waals surface area contributed by atoms with Crippen LogP contribution in [0.25, 0.3) is 0 Å². The van der Waals surface area contributed by atoms with Crippen molar-refractivity contribution in [2.45, 2.75) is 45.8 Å². The van der Waals surface area contributed by atoms with E-state index < -0.39 is 23.7 Å². The van der Waals surface area contributed by atoms with Crippen LogP contribution in [-0.4, -0.2) is 42.5 Å². The van der Waals surface area contributed by atoms with Crippen LogP contribution >= 0.6 is 11.6 Å². The van der Waals surface area contributed by atoms with Crippen molar-refractivity contribution < 1.29 is 28.9 Å². The summed E-state index contributed by atoms with van der Waals surface area (Å²) in [6.07, 6.45) is -0.791. The Kier molecular flexibility index (Phi) is 7.36. The number of carbonyl (C=O) groups excluding carboxylic acids is 1. The lowest BCUT2D eigenvalue weighted by Gasteiger charge is -2.22. The molecule has 1 rings (SSSR count). The molecule has 0 aromatic heterocycles. The molecule has 0 aliphatic rings. The third kappa shape index (κ3) is 6.70. The van der Waals surface area contributed by atoms with Gasteiger partial charge in [0.15, 0.2) is 11.5 Å². The zero-order valence-corrected chi connectivity index (χ0v) is 15.8. The molecule has 7 nitrogen and oxygen atoms in total. The lowest BCUT2D eigenvalue weighted by Crippen LogP contribution is -2.44. The highest BCUT2D eigenvalue weighted by Gasteiger charge is 2.25. The van der Waals surface area contributed by atoms with E-state index in [0.717, 1.165) is 0 Å². The smallest absolute Gasteiger partial charge is 0.408 e. The maximum Gasteiger partial charge on any atom is 0.408 e. The number of aliphatic carboxylic acids is 1. The van der Waals surface area contributed by atoms with Crippen LogP contribution in [0.3, 0.4) is 0 Å². The highest BCUT2D eigenvalue weighted by Crippen LogP contribution is 2.36. The minimum Gasteiger partial charge on any atom is -0.493 e. The molecule has 1 amide bonds. The number of carbonyl (C=O) groups is 2. The van der Waals surface area contributed by atoms with Gasteiger partial charge in [0.25, 0.3) is 0 Å². The van der Waals surface area contributed by atoms with Crippen LogP contribution in [0.2, 0.25) is 5.02 Å². The summed E-state index contributed by atoms with van der Waals surface area (Å²) in [6.45, 7) is 7.31. The molecule has 25 heavy (non-hydrogen) atoms. The molecule has 0 radical (unpaired) electrons. The largest absolute Gasteiger partial charge is 0.493 e. The average molecular weight is 374 g/mol. The summed E-state index contributed by atoms with van der Waals surface area (Å²) in [5.41, 5.74) is -0.146. The number of alkyl carbamates (subject to hydrolysis) is 1. The van der Waals surface area contributed by atoms with Crippen molar-refractivity contribution in [3.8, 4) is 11.5 Å². The summed E-state index contributed by atoms with van der Waals surface area (Å²) < 4.78 is 15.8. The van der Waals surface area contributed by atoms with Crippen molar-refractivity contribution >= 4 is 23.7 Å². The molecular weight excluding hydrogens is 350 g/mol. The van der Waals surface area contributed by atoms with Gasteiger partial charge in [0.05, 0.1) is 18.7 Å². The Labute approximate surface area is 152 Å². The topological polar surface area (TPSA) is 94.1 Å². The molecule has 0 fully saturated rings. The van der Waals surface area contributed by atoms with Gasteiger partial charge in [0.1, 0.15) is 11.6 Å². The Hall–Kier alpha value is -2.15. The van der Waals surface area contributed by atoms with E-state index in [0.29, 0.717) is 28.7 Å². The van der Waals surface area contributed by atoms with Crippen LogP contribution in [0, 0.1) is 0 Å². The van der Waals surface area contributed by atoms with Crippen LogP contribution in [-0.2, 0) is 16.0 Å². The van der Waals surface area contributed by atoms with Gasteiger partial charge in [0, 0.05) is 6.42 Å². The average Bonchev–Trinajstić information content (AvgIpc) is 2.47. The number of benzene rings is 1. The van der Waals surface area contributed by atoms with Gasteiger partial charge in [-0.15, -0.1) is 0 Å². The van der Waals surface area contributed by atoms with Gasteiger partial charge in [-0.3, -0.25) is 0 Å². The van der Waals surface area contributed by atoms with Crippen LogP contribution in [0.4, 0.5) is 4.79 Å². The van der Waals surface area contributed by atoms with E-state index in [2.05, 4.69) is 5.32 Å². The van der Waals surface area contributed by atoms with Gasteiger partial charge in [-0.25, -0.2) is 9.59 Å². The third-order valence-electron chi connectivity index (χ3n) is 3.01. The second kappa shape index (κ2) is 8.80. The summed E-state index contributed by atoms with van der Waals surface area (Å²) in [5, 5.41) is 12.0. The normalized spacial score (nSPS) is 12.2. The first-order valence-corrected chi connectivity index (χ1v) is 8.16. The third-order valence-corrected chi connectivity index (χ3v) is 3.29. The number of nitrogens with one attached hydrogen (secondary N) is 1. The second-order valence-electron chi connectivity index (χ2n) is 6.28. The minimum absolute atomic E-state index is 0.0110. The lowest BCUT2D eigenvalue weighted by molar-refractivity contribution is -0.139. The van der Waals surface area contributed by atoms with Gasteiger partial charge in [-0.2, -0.15) is 0 Å². The summed E-state index contributed by atoms with van der Waals surface area (Å²) in [7, 11) is 1.46. The highest BCUT2D eigenvalue weighted by atomic mass is 35.5. The van der Waals surface area contributed by atoms with Crippen molar-refractivity contribution in [1.29, 1.82) is 0 Å².